The molecule has 5 rings (SSSR count). The molecular formula is C35H41N3O4S4. The quantitative estimate of drug-likeness (QED) is 0.227. The SMILES string of the molecule is Cc1ccc(S(=O)(=O)N2Cc3cccc(n3)CN(S(=O)(=O)c3ccc(C)cc3)[C@@H](C)CSCc3cccc(c3)CSC[C@@H]2C)cc1. The molecular weight excluding hydrogens is 655 g/mol. The van der Waals surface area contributed by atoms with Crippen molar-refractivity contribution >= 4 is 43.6 Å². The van der Waals surface area contributed by atoms with Crippen LogP contribution in [0.15, 0.2) is 101 Å². The molecule has 4 aromatic rings. The Morgan fingerprint density at radius 2 is 1.00 bits per heavy atom. The van der Waals surface area contributed by atoms with Crippen LogP contribution in [0.2, 0.25) is 0 Å². The van der Waals surface area contributed by atoms with Crippen molar-refractivity contribution in [2.75, 3.05) is 11.5 Å². The molecule has 0 unspecified atom stereocenters. The Hall–Kier alpha value is -2.67. The normalized spacial score (nSPS) is 19.7. The topological polar surface area (TPSA) is 87.7 Å². The van der Waals surface area contributed by atoms with E-state index in [-0.39, 0.29) is 35.0 Å². The van der Waals surface area contributed by atoms with Crippen LogP contribution in [-0.4, -0.2) is 54.0 Å². The van der Waals surface area contributed by atoms with Crippen molar-refractivity contribution in [2.24, 2.45) is 0 Å². The molecule has 0 saturated carbocycles. The van der Waals surface area contributed by atoms with E-state index in [1.165, 1.54) is 19.7 Å². The van der Waals surface area contributed by atoms with Gasteiger partial charge in [-0.1, -0.05) is 65.7 Å². The number of thioether (sulfide) groups is 2. The van der Waals surface area contributed by atoms with Crippen LogP contribution in [0.5, 0.6) is 0 Å². The fraction of sp³-hybridized carbons (Fsp3) is 0.343. The highest BCUT2D eigenvalue weighted by molar-refractivity contribution is 7.98. The average Bonchev–Trinajstić information content (AvgIpc) is 3.02. The summed E-state index contributed by atoms with van der Waals surface area (Å²) in [5.74, 6) is 2.72. The maximum atomic E-state index is 14.1. The van der Waals surface area contributed by atoms with Crippen molar-refractivity contribution < 1.29 is 16.8 Å². The van der Waals surface area contributed by atoms with E-state index in [0.29, 0.717) is 22.9 Å². The second kappa shape index (κ2) is 15.0. The van der Waals surface area contributed by atoms with Crippen molar-refractivity contribution in [1.29, 1.82) is 0 Å². The molecule has 2 heterocycles. The summed E-state index contributed by atoms with van der Waals surface area (Å²) in [6, 6.07) is 27.1. The number of fused-ring (bicyclic) bond motifs is 4. The van der Waals surface area contributed by atoms with Crippen molar-refractivity contribution in [1.82, 2.24) is 13.6 Å². The average molecular weight is 696 g/mol. The zero-order valence-electron chi connectivity index (χ0n) is 26.7. The molecule has 0 radical (unpaired) electrons. The van der Waals surface area contributed by atoms with Gasteiger partial charge in [0.1, 0.15) is 0 Å². The van der Waals surface area contributed by atoms with Crippen LogP contribution in [0, 0.1) is 13.8 Å². The van der Waals surface area contributed by atoms with Gasteiger partial charge in [-0.25, -0.2) is 16.8 Å². The lowest BCUT2D eigenvalue weighted by Crippen LogP contribution is -2.40. The molecule has 244 valence electrons. The van der Waals surface area contributed by atoms with Crippen LogP contribution in [0.25, 0.3) is 0 Å². The molecule has 4 bridgehead atoms. The Kier molecular flexibility index (Phi) is 11.3. The van der Waals surface area contributed by atoms with E-state index < -0.39 is 20.0 Å². The summed E-state index contributed by atoms with van der Waals surface area (Å²) in [7, 11) is -7.71. The first-order valence-corrected chi connectivity index (χ1v) is 20.5. The van der Waals surface area contributed by atoms with Crippen molar-refractivity contribution in [3.05, 3.63) is 125 Å². The minimum atomic E-state index is -3.85. The van der Waals surface area contributed by atoms with Crippen LogP contribution < -0.4 is 0 Å². The molecule has 46 heavy (non-hydrogen) atoms. The molecule has 0 spiro atoms. The molecule has 0 aliphatic carbocycles. The predicted octanol–water partition coefficient (Wildman–Crippen LogP) is 7.04. The molecule has 7 nitrogen and oxygen atoms in total. The van der Waals surface area contributed by atoms with Gasteiger partial charge in [0.05, 0.1) is 34.3 Å². The standard InChI is InChI=1S/C35H41N3O4S4/c1-26-11-15-34(16-12-26)45(39,40)37-20-32-9-6-10-33(36-32)21-38(46(41,42)35-17-13-27(2)14-18-35)29(4)23-44-25-31-8-5-7-30(19-31)24-43-22-28(37)3/h5-19,28-29H,20-25H2,1-4H3/t28-,29-/m0/s1. The van der Waals surface area contributed by atoms with Crippen LogP contribution in [0.4, 0.5) is 0 Å². The van der Waals surface area contributed by atoms with Gasteiger partial charge < -0.3 is 0 Å². The summed E-state index contributed by atoms with van der Waals surface area (Å²) in [4.78, 5) is 5.32. The van der Waals surface area contributed by atoms with E-state index in [9.17, 15) is 16.8 Å². The molecule has 1 aromatic heterocycles. The van der Waals surface area contributed by atoms with Crippen LogP contribution in [0.3, 0.4) is 0 Å². The molecule has 0 fully saturated rings. The summed E-state index contributed by atoms with van der Waals surface area (Å²) in [5, 5.41) is 0. The number of sulfonamides is 2. The molecule has 0 N–H and O–H groups in total. The van der Waals surface area contributed by atoms with Gasteiger partial charge in [0.2, 0.25) is 20.0 Å². The molecule has 1 aliphatic rings. The Labute approximate surface area is 282 Å². The first-order chi connectivity index (χ1) is 21.9. The van der Waals surface area contributed by atoms with Crippen LogP contribution in [-0.2, 0) is 44.6 Å². The highest BCUT2D eigenvalue weighted by Gasteiger charge is 2.32. The third-order valence-corrected chi connectivity index (χ3v) is 14.4. The lowest BCUT2D eigenvalue weighted by Gasteiger charge is -2.29. The van der Waals surface area contributed by atoms with E-state index in [1.807, 2.05) is 70.2 Å². The smallest absolute Gasteiger partial charge is 0.243 e. The molecule has 11 heteroatoms. The minimum Gasteiger partial charge on any atom is -0.255 e. The second-order valence-corrected chi connectivity index (χ2v) is 17.7. The molecule has 2 atom stereocenters. The fourth-order valence-corrected chi connectivity index (χ4v) is 10.8. The number of pyridine rings is 1. The van der Waals surface area contributed by atoms with Gasteiger partial charge in [0.25, 0.3) is 0 Å². The number of benzene rings is 3. The number of nitrogens with zero attached hydrogens (tertiary/aromatic N) is 3. The van der Waals surface area contributed by atoms with Gasteiger partial charge >= 0.3 is 0 Å². The number of aryl methyl sites for hydroxylation is 2. The summed E-state index contributed by atoms with van der Waals surface area (Å²) < 4.78 is 59.4. The molecule has 3 aromatic carbocycles. The Morgan fingerprint density at radius 3 is 1.41 bits per heavy atom. The van der Waals surface area contributed by atoms with E-state index in [1.54, 1.807) is 47.8 Å². The first-order valence-electron chi connectivity index (χ1n) is 15.3. The number of aromatic nitrogens is 1. The number of hydrogen-bond donors (Lipinski definition) is 0. The van der Waals surface area contributed by atoms with E-state index >= 15 is 0 Å². The van der Waals surface area contributed by atoms with E-state index in [2.05, 4.69) is 24.3 Å². The van der Waals surface area contributed by atoms with Crippen molar-refractivity contribution in [3.8, 4) is 0 Å². The number of rotatable bonds is 4. The summed E-state index contributed by atoms with van der Waals surface area (Å²) in [6.45, 7) is 7.86. The van der Waals surface area contributed by atoms with Crippen LogP contribution >= 0.6 is 23.5 Å². The highest BCUT2D eigenvalue weighted by atomic mass is 32.2. The van der Waals surface area contributed by atoms with E-state index in [4.69, 9.17) is 4.98 Å². The Morgan fingerprint density at radius 1 is 0.609 bits per heavy atom. The predicted molar refractivity (Wildman–Crippen MR) is 190 cm³/mol. The van der Waals surface area contributed by atoms with Crippen LogP contribution in [0.1, 0.15) is 47.5 Å². The zero-order valence-corrected chi connectivity index (χ0v) is 29.9. The molecule has 0 saturated heterocycles. The van der Waals surface area contributed by atoms with Crippen molar-refractivity contribution in [2.45, 2.75) is 74.2 Å². The maximum Gasteiger partial charge on any atom is 0.243 e. The molecule has 0 amide bonds. The minimum absolute atomic E-state index is 0.0668. The third kappa shape index (κ3) is 8.42. The van der Waals surface area contributed by atoms with Crippen molar-refractivity contribution in [3.63, 3.8) is 0 Å². The lowest BCUT2D eigenvalue weighted by atomic mass is 10.2. The van der Waals surface area contributed by atoms with Gasteiger partial charge in [0, 0.05) is 35.1 Å². The Bertz CT molecular complexity index is 1720. The largest absolute Gasteiger partial charge is 0.255 e. The van der Waals surface area contributed by atoms with Gasteiger partial charge in [-0.15, -0.1) is 0 Å². The fourth-order valence-electron chi connectivity index (χ4n) is 5.34. The Balaban J connectivity index is 1.54. The van der Waals surface area contributed by atoms with Gasteiger partial charge in [-0.05, 0) is 75.2 Å². The summed E-state index contributed by atoms with van der Waals surface area (Å²) >= 11 is 3.43. The summed E-state index contributed by atoms with van der Waals surface area (Å²) in [5.41, 5.74) is 5.45. The van der Waals surface area contributed by atoms with Gasteiger partial charge in [-0.3, -0.25) is 4.98 Å². The first kappa shape index (κ1) is 34.7. The highest BCUT2D eigenvalue weighted by Crippen LogP contribution is 2.28. The second-order valence-electron chi connectivity index (χ2n) is 11.9. The maximum absolute atomic E-state index is 14.1. The zero-order chi connectivity index (χ0) is 32.9. The van der Waals surface area contributed by atoms with Gasteiger partial charge in [-0.2, -0.15) is 32.1 Å². The van der Waals surface area contributed by atoms with Gasteiger partial charge in [0.15, 0.2) is 0 Å². The third-order valence-electron chi connectivity index (χ3n) is 7.99. The number of hydrogen-bond acceptors (Lipinski definition) is 7. The lowest BCUT2D eigenvalue weighted by molar-refractivity contribution is 0.341. The molecule has 1 aliphatic heterocycles. The summed E-state index contributed by atoms with van der Waals surface area (Å²) in [6.07, 6.45) is 0. The van der Waals surface area contributed by atoms with E-state index in [0.717, 1.165) is 22.6 Å². The monoisotopic (exact) mass is 695 g/mol.